The molecule has 0 heterocycles. The van der Waals surface area contributed by atoms with E-state index in [1.165, 1.54) is 19.2 Å². The minimum absolute atomic E-state index is 0.0137. The van der Waals surface area contributed by atoms with Crippen LogP contribution < -0.4 is 0 Å². The lowest BCUT2D eigenvalue weighted by Gasteiger charge is -2.22. The van der Waals surface area contributed by atoms with Crippen molar-refractivity contribution in [1.82, 2.24) is 0 Å². The molecule has 0 saturated heterocycles. The second-order valence-electron chi connectivity index (χ2n) is 4.94. The summed E-state index contributed by atoms with van der Waals surface area (Å²) < 4.78 is 5.00. The van der Waals surface area contributed by atoms with Gasteiger partial charge in [0.1, 0.15) is 17.2 Å². The van der Waals surface area contributed by atoms with Crippen LogP contribution in [-0.2, 0) is 11.3 Å². The number of ether oxygens (including phenoxy) is 1. The lowest BCUT2D eigenvalue weighted by molar-refractivity contribution is 0.0968. The SMILES string of the molecule is COCc1ccc(O)c2c1C(=O)c1c(O)ccc(O)c1C2=O. The number of aromatic hydroxyl groups is 3. The summed E-state index contributed by atoms with van der Waals surface area (Å²) in [6, 6.07) is 5.04. The van der Waals surface area contributed by atoms with Gasteiger partial charge in [0.05, 0.1) is 23.3 Å². The van der Waals surface area contributed by atoms with E-state index >= 15 is 0 Å². The number of phenols is 3. The minimum Gasteiger partial charge on any atom is -0.507 e. The Morgan fingerprint density at radius 1 is 0.773 bits per heavy atom. The summed E-state index contributed by atoms with van der Waals surface area (Å²) in [5.41, 5.74) is -0.349. The number of carbonyl (C=O) groups is 2. The van der Waals surface area contributed by atoms with Crippen LogP contribution in [0.15, 0.2) is 24.3 Å². The number of phenolic OH excluding ortho intramolecular Hbond substituents is 3. The van der Waals surface area contributed by atoms with Gasteiger partial charge < -0.3 is 20.1 Å². The Morgan fingerprint density at radius 3 is 1.68 bits per heavy atom. The van der Waals surface area contributed by atoms with Gasteiger partial charge in [-0.05, 0) is 23.8 Å². The summed E-state index contributed by atoms with van der Waals surface area (Å²) in [5, 5.41) is 29.7. The largest absolute Gasteiger partial charge is 0.507 e. The first kappa shape index (κ1) is 14.1. The maximum absolute atomic E-state index is 12.7. The first-order valence-electron chi connectivity index (χ1n) is 6.45. The number of hydrogen-bond acceptors (Lipinski definition) is 6. The minimum atomic E-state index is -0.714. The third kappa shape index (κ3) is 1.78. The Morgan fingerprint density at radius 2 is 1.18 bits per heavy atom. The fraction of sp³-hybridized carbons (Fsp3) is 0.125. The zero-order chi connectivity index (χ0) is 16.0. The summed E-state index contributed by atoms with van der Waals surface area (Å²) in [4.78, 5) is 25.3. The van der Waals surface area contributed by atoms with Gasteiger partial charge in [-0.15, -0.1) is 0 Å². The molecule has 0 amide bonds. The molecule has 2 aromatic rings. The van der Waals surface area contributed by atoms with Crippen LogP contribution in [0.1, 0.15) is 37.4 Å². The Hall–Kier alpha value is -2.86. The molecule has 0 bridgehead atoms. The topological polar surface area (TPSA) is 104 Å². The van der Waals surface area contributed by atoms with E-state index in [-0.39, 0.29) is 34.6 Å². The maximum Gasteiger partial charge on any atom is 0.202 e. The molecular weight excluding hydrogens is 288 g/mol. The summed E-state index contributed by atoms with van der Waals surface area (Å²) in [7, 11) is 1.44. The van der Waals surface area contributed by atoms with E-state index in [2.05, 4.69) is 0 Å². The van der Waals surface area contributed by atoms with Gasteiger partial charge in [-0.25, -0.2) is 0 Å². The number of carbonyl (C=O) groups excluding carboxylic acids is 2. The Balaban J connectivity index is 2.38. The Bertz CT molecular complexity index is 822. The highest BCUT2D eigenvalue weighted by Crippen LogP contribution is 2.41. The van der Waals surface area contributed by atoms with Crippen LogP contribution in [0.5, 0.6) is 17.2 Å². The van der Waals surface area contributed by atoms with Crippen molar-refractivity contribution in [2.75, 3.05) is 7.11 Å². The Labute approximate surface area is 125 Å². The molecule has 0 atom stereocenters. The molecule has 22 heavy (non-hydrogen) atoms. The van der Waals surface area contributed by atoms with E-state index in [1.807, 2.05) is 0 Å². The van der Waals surface area contributed by atoms with Crippen molar-refractivity contribution in [2.45, 2.75) is 6.61 Å². The zero-order valence-electron chi connectivity index (χ0n) is 11.6. The van der Waals surface area contributed by atoms with Gasteiger partial charge in [-0.2, -0.15) is 0 Å². The lowest BCUT2D eigenvalue weighted by atomic mass is 9.80. The van der Waals surface area contributed by atoms with Crippen molar-refractivity contribution in [1.29, 1.82) is 0 Å². The number of fused-ring (bicyclic) bond motifs is 2. The quantitative estimate of drug-likeness (QED) is 0.623. The van der Waals surface area contributed by atoms with Crippen LogP contribution in [-0.4, -0.2) is 34.0 Å². The van der Waals surface area contributed by atoms with Crippen molar-refractivity contribution >= 4 is 11.6 Å². The van der Waals surface area contributed by atoms with Crippen LogP contribution >= 0.6 is 0 Å². The second kappa shape index (κ2) is 4.85. The molecule has 0 fully saturated rings. The van der Waals surface area contributed by atoms with Crippen LogP contribution in [0.2, 0.25) is 0 Å². The molecule has 0 aliphatic heterocycles. The van der Waals surface area contributed by atoms with E-state index in [1.54, 1.807) is 0 Å². The first-order valence-corrected chi connectivity index (χ1v) is 6.45. The first-order chi connectivity index (χ1) is 10.5. The molecule has 6 heteroatoms. The van der Waals surface area contributed by atoms with Gasteiger partial charge in [0.25, 0.3) is 0 Å². The molecule has 0 aromatic heterocycles. The number of ketones is 2. The van der Waals surface area contributed by atoms with Gasteiger partial charge in [0.2, 0.25) is 5.78 Å². The normalized spacial score (nSPS) is 13.0. The molecule has 0 saturated carbocycles. The van der Waals surface area contributed by atoms with Gasteiger partial charge in [-0.3, -0.25) is 9.59 Å². The van der Waals surface area contributed by atoms with Gasteiger partial charge in [0.15, 0.2) is 5.78 Å². The van der Waals surface area contributed by atoms with Crippen molar-refractivity contribution in [2.24, 2.45) is 0 Å². The van der Waals surface area contributed by atoms with E-state index < -0.39 is 23.1 Å². The standard InChI is InChI=1S/C16H12O6/c1-22-6-7-2-3-8(17)12-11(7)15(20)13-9(18)4-5-10(19)14(13)16(12)21/h2-5,17-19H,6H2,1H3. The summed E-state index contributed by atoms with van der Waals surface area (Å²) in [6.45, 7) is 0.0660. The third-order valence-electron chi connectivity index (χ3n) is 3.64. The molecule has 3 rings (SSSR count). The predicted molar refractivity (Wildman–Crippen MR) is 75.5 cm³/mol. The number of benzene rings is 2. The summed E-state index contributed by atoms with van der Waals surface area (Å²) >= 11 is 0. The zero-order valence-corrected chi connectivity index (χ0v) is 11.6. The van der Waals surface area contributed by atoms with Crippen LogP contribution in [0.3, 0.4) is 0 Å². The maximum atomic E-state index is 12.7. The van der Waals surface area contributed by atoms with E-state index in [0.717, 1.165) is 12.1 Å². The monoisotopic (exact) mass is 300 g/mol. The molecule has 1 aliphatic carbocycles. The number of methoxy groups -OCH3 is 1. The molecule has 6 nitrogen and oxygen atoms in total. The second-order valence-corrected chi connectivity index (χ2v) is 4.94. The number of hydrogen-bond donors (Lipinski definition) is 3. The van der Waals surface area contributed by atoms with E-state index in [9.17, 15) is 24.9 Å². The van der Waals surface area contributed by atoms with Crippen molar-refractivity contribution in [3.63, 3.8) is 0 Å². The average molecular weight is 300 g/mol. The van der Waals surface area contributed by atoms with Gasteiger partial charge in [0, 0.05) is 12.7 Å². The molecule has 3 N–H and O–H groups in total. The third-order valence-corrected chi connectivity index (χ3v) is 3.64. The fourth-order valence-electron chi connectivity index (χ4n) is 2.69. The van der Waals surface area contributed by atoms with Gasteiger partial charge in [-0.1, -0.05) is 6.07 Å². The lowest BCUT2D eigenvalue weighted by Crippen LogP contribution is -2.23. The smallest absolute Gasteiger partial charge is 0.202 e. The number of rotatable bonds is 2. The van der Waals surface area contributed by atoms with E-state index in [4.69, 9.17) is 4.74 Å². The molecule has 0 radical (unpaired) electrons. The predicted octanol–water partition coefficient (Wildman–Crippen LogP) is 1.73. The molecule has 2 aromatic carbocycles. The summed E-state index contributed by atoms with van der Waals surface area (Å²) in [5.74, 6) is -2.53. The summed E-state index contributed by atoms with van der Waals surface area (Å²) in [6.07, 6.45) is 0. The van der Waals surface area contributed by atoms with Crippen LogP contribution in [0.25, 0.3) is 0 Å². The van der Waals surface area contributed by atoms with Crippen molar-refractivity contribution < 1.29 is 29.6 Å². The van der Waals surface area contributed by atoms with Gasteiger partial charge >= 0.3 is 0 Å². The van der Waals surface area contributed by atoms with Crippen molar-refractivity contribution in [3.05, 3.63) is 52.1 Å². The highest BCUT2D eigenvalue weighted by atomic mass is 16.5. The van der Waals surface area contributed by atoms with E-state index in [0.29, 0.717) is 5.56 Å². The average Bonchev–Trinajstić information content (AvgIpc) is 2.49. The Kier molecular flexibility index (Phi) is 3.11. The molecule has 0 unspecified atom stereocenters. The fourth-order valence-corrected chi connectivity index (χ4v) is 2.69. The van der Waals surface area contributed by atoms with Crippen LogP contribution in [0, 0.1) is 0 Å². The highest BCUT2D eigenvalue weighted by molar-refractivity contribution is 6.31. The highest BCUT2D eigenvalue weighted by Gasteiger charge is 2.37. The van der Waals surface area contributed by atoms with Crippen LogP contribution in [0.4, 0.5) is 0 Å². The molecule has 112 valence electrons. The molecule has 0 spiro atoms. The molecular formula is C16H12O6. The molecule has 1 aliphatic rings. The van der Waals surface area contributed by atoms with Crippen molar-refractivity contribution in [3.8, 4) is 17.2 Å².